The van der Waals surface area contributed by atoms with Crippen LogP contribution in [0.3, 0.4) is 0 Å². The highest BCUT2D eigenvalue weighted by Crippen LogP contribution is 2.26. The summed E-state index contributed by atoms with van der Waals surface area (Å²) in [7, 11) is 0. The first-order chi connectivity index (χ1) is 22.8. The molecule has 0 fully saturated rings. The molecule has 9 heteroatoms. The van der Waals surface area contributed by atoms with Crippen LogP contribution in [0.2, 0.25) is 0 Å². The van der Waals surface area contributed by atoms with Crippen molar-refractivity contribution in [1.29, 1.82) is 0 Å². The number of amides is 3. The van der Waals surface area contributed by atoms with Crippen LogP contribution in [-0.4, -0.2) is 53.7 Å². The standard InChI is InChI=1S/C39H65N5O4/c1-26(2)20-34(46)22-30(21-32-25-41-37-14-9-8-13-35(32)37)15-18-38(47)44-36(28(5)6)17-16-33(45)23-31(12-10-11-19-40)24-42-39(48)43-29(7)27(3)4/h8-9,13-14,25-31,36,41H,10-12,15-24,40H2,1-7H3,(H,44,47)(H2,42,43,48)/t29-,30-,31-,36-/m1/s1. The molecule has 2 rings (SSSR count). The quantitative estimate of drug-likeness (QED) is 0.0760. The van der Waals surface area contributed by atoms with Crippen molar-refractivity contribution < 1.29 is 19.2 Å². The number of carbonyl (C=O) groups is 4. The van der Waals surface area contributed by atoms with Gasteiger partial charge < -0.3 is 26.7 Å². The Hall–Kier alpha value is -3.20. The van der Waals surface area contributed by atoms with Gasteiger partial charge >= 0.3 is 6.03 Å². The van der Waals surface area contributed by atoms with Gasteiger partial charge in [0, 0.05) is 67.8 Å². The Kier molecular flexibility index (Phi) is 18.5. The van der Waals surface area contributed by atoms with Crippen molar-refractivity contribution in [3.63, 3.8) is 0 Å². The number of hydrogen-bond acceptors (Lipinski definition) is 5. The largest absolute Gasteiger partial charge is 0.361 e. The van der Waals surface area contributed by atoms with Crippen LogP contribution in [0.4, 0.5) is 4.79 Å². The smallest absolute Gasteiger partial charge is 0.315 e. The van der Waals surface area contributed by atoms with Crippen molar-refractivity contribution >= 4 is 34.4 Å². The summed E-state index contributed by atoms with van der Waals surface area (Å²) in [6.07, 6.45) is 8.71. The average molecular weight is 668 g/mol. The maximum atomic E-state index is 13.2. The summed E-state index contributed by atoms with van der Waals surface area (Å²) < 4.78 is 0. The second-order valence-electron chi connectivity index (χ2n) is 15.0. The molecule has 0 spiro atoms. The van der Waals surface area contributed by atoms with Gasteiger partial charge in [-0.15, -0.1) is 0 Å². The Morgan fingerprint density at radius 1 is 0.771 bits per heavy atom. The van der Waals surface area contributed by atoms with Crippen LogP contribution >= 0.6 is 0 Å². The van der Waals surface area contributed by atoms with Gasteiger partial charge in [0.15, 0.2) is 0 Å². The predicted molar refractivity (Wildman–Crippen MR) is 197 cm³/mol. The zero-order valence-electron chi connectivity index (χ0n) is 30.8. The number of carbonyl (C=O) groups excluding carboxylic acids is 4. The van der Waals surface area contributed by atoms with E-state index in [4.69, 9.17) is 5.73 Å². The second kappa shape index (κ2) is 21.7. The van der Waals surface area contributed by atoms with Crippen molar-refractivity contribution in [2.24, 2.45) is 35.3 Å². The van der Waals surface area contributed by atoms with Crippen molar-refractivity contribution in [2.45, 2.75) is 131 Å². The molecule has 4 atom stereocenters. The number of benzene rings is 1. The Morgan fingerprint density at radius 2 is 1.48 bits per heavy atom. The summed E-state index contributed by atoms with van der Waals surface area (Å²) in [5, 5.41) is 10.3. The molecule has 0 bridgehead atoms. The summed E-state index contributed by atoms with van der Waals surface area (Å²) in [6, 6.07) is 7.91. The van der Waals surface area contributed by atoms with Crippen molar-refractivity contribution in [1.82, 2.24) is 20.9 Å². The van der Waals surface area contributed by atoms with Gasteiger partial charge in [0.05, 0.1) is 0 Å². The minimum atomic E-state index is -0.206. The first kappa shape index (κ1) is 41.0. The minimum absolute atomic E-state index is 0.0353. The molecule has 3 amide bonds. The Morgan fingerprint density at radius 3 is 2.15 bits per heavy atom. The Bertz CT molecular complexity index is 1270. The zero-order valence-corrected chi connectivity index (χ0v) is 30.8. The molecule has 270 valence electrons. The second-order valence-corrected chi connectivity index (χ2v) is 15.0. The van der Waals surface area contributed by atoms with Crippen LogP contribution in [0.1, 0.15) is 118 Å². The van der Waals surface area contributed by atoms with E-state index in [2.05, 4.69) is 74.6 Å². The van der Waals surface area contributed by atoms with E-state index < -0.39 is 0 Å². The maximum absolute atomic E-state index is 13.2. The average Bonchev–Trinajstić information content (AvgIpc) is 3.42. The number of unbranched alkanes of at least 4 members (excludes halogenated alkanes) is 1. The summed E-state index contributed by atoms with van der Waals surface area (Å²) in [4.78, 5) is 55.0. The highest BCUT2D eigenvalue weighted by molar-refractivity contribution is 5.83. The summed E-state index contributed by atoms with van der Waals surface area (Å²) in [6.45, 7) is 15.4. The van der Waals surface area contributed by atoms with E-state index in [1.54, 1.807) is 0 Å². The number of para-hydroxylation sites is 1. The van der Waals surface area contributed by atoms with Crippen molar-refractivity contribution in [3.05, 3.63) is 36.0 Å². The molecule has 1 aromatic heterocycles. The molecule has 0 aliphatic rings. The Balaban J connectivity index is 1.94. The van der Waals surface area contributed by atoms with E-state index in [0.717, 1.165) is 36.6 Å². The van der Waals surface area contributed by atoms with E-state index in [1.165, 1.54) is 5.56 Å². The SMILES string of the molecule is CC(C)CC(=O)C[C@H](CCC(=O)N[C@H](CCC(=O)C[C@@H](CCCCN)CNC(=O)N[C@H](C)C(C)C)C(C)C)Cc1c[nH]c2ccccc12. The third kappa shape index (κ3) is 15.8. The van der Waals surface area contributed by atoms with Gasteiger partial charge in [0.2, 0.25) is 5.91 Å². The zero-order chi connectivity index (χ0) is 35.6. The normalized spacial score (nSPS) is 14.2. The number of aromatic amines is 1. The molecular weight excluding hydrogens is 602 g/mol. The van der Waals surface area contributed by atoms with E-state index in [1.807, 2.05) is 25.3 Å². The fourth-order valence-electron chi connectivity index (χ4n) is 6.19. The lowest BCUT2D eigenvalue weighted by atomic mass is 9.88. The minimum Gasteiger partial charge on any atom is -0.361 e. The van der Waals surface area contributed by atoms with E-state index in [9.17, 15) is 19.2 Å². The van der Waals surface area contributed by atoms with Crippen LogP contribution in [0, 0.1) is 29.6 Å². The molecular formula is C39H65N5O4. The number of ketones is 2. The maximum Gasteiger partial charge on any atom is 0.315 e. The summed E-state index contributed by atoms with van der Waals surface area (Å²) in [5.41, 5.74) is 7.95. The van der Waals surface area contributed by atoms with Gasteiger partial charge in [-0.2, -0.15) is 0 Å². The molecule has 0 aliphatic heterocycles. The van der Waals surface area contributed by atoms with Gasteiger partial charge in [-0.25, -0.2) is 4.79 Å². The van der Waals surface area contributed by atoms with Crippen LogP contribution in [0.25, 0.3) is 10.9 Å². The lowest BCUT2D eigenvalue weighted by Gasteiger charge is -2.24. The molecule has 0 saturated carbocycles. The molecule has 48 heavy (non-hydrogen) atoms. The molecule has 9 nitrogen and oxygen atoms in total. The number of nitrogens with two attached hydrogens (primary N) is 1. The highest BCUT2D eigenvalue weighted by atomic mass is 16.2. The molecule has 2 aromatic rings. The van der Waals surface area contributed by atoms with Gasteiger partial charge in [-0.3, -0.25) is 14.4 Å². The number of Topliss-reactive ketones (excluding diaryl/α,β-unsaturated/α-hetero) is 2. The van der Waals surface area contributed by atoms with Crippen LogP contribution in [-0.2, 0) is 20.8 Å². The topological polar surface area (TPSA) is 146 Å². The number of urea groups is 1. The first-order valence-corrected chi connectivity index (χ1v) is 18.4. The van der Waals surface area contributed by atoms with E-state index >= 15 is 0 Å². The highest BCUT2D eigenvalue weighted by Gasteiger charge is 2.23. The lowest BCUT2D eigenvalue weighted by Crippen LogP contribution is -2.44. The van der Waals surface area contributed by atoms with Gasteiger partial charge in [0.25, 0.3) is 0 Å². The predicted octanol–water partition coefficient (Wildman–Crippen LogP) is 7.08. The summed E-state index contributed by atoms with van der Waals surface area (Å²) in [5.74, 6) is 1.28. The molecule has 0 saturated heterocycles. The first-order valence-electron chi connectivity index (χ1n) is 18.4. The Labute approximate surface area is 289 Å². The van der Waals surface area contributed by atoms with Gasteiger partial charge in [0.1, 0.15) is 11.6 Å². The van der Waals surface area contributed by atoms with Gasteiger partial charge in [-0.1, -0.05) is 66.2 Å². The molecule has 0 radical (unpaired) electrons. The number of hydrogen-bond donors (Lipinski definition) is 5. The molecule has 0 aliphatic carbocycles. The number of fused-ring (bicyclic) bond motifs is 1. The lowest BCUT2D eigenvalue weighted by molar-refractivity contribution is -0.124. The number of H-pyrrole nitrogens is 1. The van der Waals surface area contributed by atoms with Crippen LogP contribution in [0.5, 0.6) is 0 Å². The van der Waals surface area contributed by atoms with Crippen LogP contribution < -0.4 is 21.7 Å². The number of nitrogens with one attached hydrogen (secondary N) is 4. The van der Waals surface area contributed by atoms with Gasteiger partial charge in [-0.05, 0) is 86.8 Å². The number of aromatic nitrogens is 1. The number of rotatable bonds is 24. The molecule has 0 unspecified atom stereocenters. The third-order valence-corrected chi connectivity index (χ3v) is 9.49. The van der Waals surface area contributed by atoms with E-state index in [-0.39, 0.29) is 53.3 Å². The van der Waals surface area contributed by atoms with E-state index in [0.29, 0.717) is 69.9 Å². The monoisotopic (exact) mass is 668 g/mol. The third-order valence-electron chi connectivity index (χ3n) is 9.49. The molecule has 6 N–H and O–H groups in total. The molecule has 1 aromatic carbocycles. The fraction of sp³-hybridized carbons (Fsp3) is 0.692. The van der Waals surface area contributed by atoms with Crippen molar-refractivity contribution in [2.75, 3.05) is 13.1 Å². The fourth-order valence-corrected chi connectivity index (χ4v) is 6.19. The summed E-state index contributed by atoms with van der Waals surface area (Å²) >= 11 is 0. The van der Waals surface area contributed by atoms with Crippen molar-refractivity contribution in [3.8, 4) is 0 Å². The molecule has 1 heterocycles. The van der Waals surface area contributed by atoms with Crippen LogP contribution in [0.15, 0.2) is 30.5 Å².